The van der Waals surface area contributed by atoms with Gasteiger partial charge in [-0.25, -0.2) is 8.78 Å². The second kappa shape index (κ2) is 6.22. The number of ether oxygens (including phenoxy) is 3. The van der Waals surface area contributed by atoms with E-state index in [2.05, 4.69) is 0 Å². The number of benzene rings is 1. The Morgan fingerprint density at radius 1 is 1.17 bits per heavy atom. The van der Waals surface area contributed by atoms with E-state index in [1.807, 2.05) is 6.92 Å². The summed E-state index contributed by atoms with van der Waals surface area (Å²) in [5.74, 6) is -1.10. The first-order chi connectivity index (χ1) is 8.69. The van der Waals surface area contributed by atoms with E-state index < -0.39 is 17.9 Å². The first-order valence-corrected chi connectivity index (χ1v) is 5.96. The van der Waals surface area contributed by atoms with Crippen LogP contribution in [0.15, 0.2) is 18.2 Å². The Morgan fingerprint density at radius 3 is 2.33 bits per heavy atom. The fourth-order valence-electron chi connectivity index (χ4n) is 1.83. The number of hydrogen-bond donors (Lipinski definition) is 0. The molecule has 0 spiro atoms. The Kier molecular flexibility index (Phi) is 4.63. The molecule has 18 heavy (non-hydrogen) atoms. The summed E-state index contributed by atoms with van der Waals surface area (Å²) in [6.07, 6.45) is -0.701. The number of hydrogen-bond acceptors (Lipinski definition) is 3. The van der Waals surface area contributed by atoms with E-state index >= 15 is 0 Å². The van der Waals surface area contributed by atoms with Gasteiger partial charge in [-0.05, 0) is 19.1 Å². The van der Waals surface area contributed by atoms with Crippen molar-refractivity contribution in [1.82, 2.24) is 0 Å². The van der Waals surface area contributed by atoms with Gasteiger partial charge in [0.2, 0.25) is 0 Å². The summed E-state index contributed by atoms with van der Waals surface area (Å²) in [6, 6.07) is 3.26. The summed E-state index contributed by atoms with van der Waals surface area (Å²) in [6.45, 7) is 4.06. The molecule has 1 heterocycles. The van der Waals surface area contributed by atoms with Crippen molar-refractivity contribution in [3.8, 4) is 0 Å². The second-order valence-corrected chi connectivity index (χ2v) is 4.23. The van der Waals surface area contributed by atoms with Crippen molar-refractivity contribution in [2.24, 2.45) is 5.92 Å². The maximum Gasteiger partial charge on any atom is 0.184 e. The van der Waals surface area contributed by atoms with Crippen LogP contribution in [0.25, 0.3) is 0 Å². The molecule has 1 aliphatic rings. The van der Waals surface area contributed by atoms with Crippen LogP contribution in [-0.4, -0.2) is 26.4 Å². The monoisotopic (exact) mass is 258 g/mol. The summed E-state index contributed by atoms with van der Waals surface area (Å²) >= 11 is 0. The van der Waals surface area contributed by atoms with Gasteiger partial charge < -0.3 is 14.2 Å². The lowest BCUT2D eigenvalue weighted by atomic mass is 10.1. The van der Waals surface area contributed by atoms with Crippen LogP contribution >= 0.6 is 0 Å². The highest BCUT2D eigenvalue weighted by molar-refractivity contribution is 5.19. The normalized spacial score (nSPS) is 24.2. The van der Waals surface area contributed by atoms with Gasteiger partial charge in [0, 0.05) is 24.2 Å². The summed E-state index contributed by atoms with van der Waals surface area (Å²) < 4.78 is 42.3. The van der Waals surface area contributed by atoms with E-state index in [9.17, 15) is 8.78 Å². The first kappa shape index (κ1) is 13.4. The van der Waals surface area contributed by atoms with Gasteiger partial charge in [-0.15, -0.1) is 0 Å². The Balaban J connectivity index is 1.92. The standard InChI is InChI=1S/C13H16F2O3/c1-2-16-6-9-7-17-13(18-8-9)10-3-11(14)5-12(15)4-10/h3-5,9,13H,2,6-8H2,1H3. The molecule has 5 heteroatoms. The molecule has 100 valence electrons. The Morgan fingerprint density at radius 2 is 1.78 bits per heavy atom. The van der Waals surface area contributed by atoms with Crippen molar-refractivity contribution in [2.45, 2.75) is 13.2 Å². The van der Waals surface area contributed by atoms with Crippen molar-refractivity contribution in [3.63, 3.8) is 0 Å². The topological polar surface area (TPSA) is 27.7 Å². The van der Waals surface area contributed by atoms with Gasteiger partial charge in [0.05, 0.1) is 19.8 Å². The summed E-state index contributed by atoms with van der Waals surface area (Å²) in [4.78, 5) is 0. The maximum absolute atomic E-state index is 13.1. The third-order valence-corrected chi connectivity index (χ3v) is 2.68. The molecule has 1 saturated heterocycles. The summed E-state index contributed by atoms with van der Waals surface area (Å²) in [5.41, 5.74) is 0.363. The average Bonchev–Trinajstić information content (AvgIpc) is 2.36. The van der Waals surface area contributed by atoms with Crippen molar-refractivity contribution >= 4 is 0 Å². The SMILES string of the molecule is CCOCC1COC(c2cc(F)cc(F)c2)OC1. The van der Waals surface area contributed by atoms with E-state index in [-0.39, 0.29) is 5.92 Å². The maximum atomic E-state index is 13.1. The molecule has 2 rings (SSSR count). The van der Waals surface area contributed by atoms with Crippen LogP contribution in [0.4, 0.5) is 8.78 Å². The fraction of sp³-hybridized carbons (Fsp3) is 0.538. The zero-order chi connectivity index (χ0) is 13.0. The largest absolute Gasteiger partial charge is 0.381 e. The minimum Gasteiger partial charge on any atom is -0.381 e. The van der Waals surface area contributed by atoms with Crippen molar-refractivity contribution in [2.75, 3.05) is 26.4 Å². The fourth-order valence-corrected chi connectivity index (χ4v) is 1.83. The molecule has 0 bridgehead atoms. The van der Waals surface area contributed by atoms with Gasteiger partial charge in [-0.1, -0.05) is 0 Å². The van der Waals surface area contributed by atoms with Crippen molar-refractivity contribution < 1.29 is 23.0 Å². The lowest BCUT2D eigenvalue weighted by Crippen LogP contribution is -2.30. The number of halogens is 2. The molecule has 3 nitrogen and oxygen atoms in total. The van der Waals surface area contributed by atoms with E-state index in [4.69, 9.17) is 14.2 Å². The van der Waals surface area contributed by atoms with Gasteiger partial charge in [-0.3, -0.25) is 0 Å². The van der Waals surface area contributed by atoms with Crippen LogP contribution in [-0.2, 0) is 14.2 Å². The van der Waals surface area contributed by atoms with Crippen LogP contribution in [0, 0.1) is 17.6 Å². The summed E-state index contributed by atoms with van der Waals surface area (Å²) in [7, 11) is 0. The van der Waals surface area contributed by atoms with Gasteiger partial charge in [-0.2, -0.15) is 0 Å². The van der Waals surface area contributed by atoms with Gasteiger partial charge >= 0.3 is 0 Å². The third kappa shape index (κ3) is 3.48. The van der Waals surface area contributed by atoms with Crippen molar-refractivity contribution in [3.05, 3.63) is 35.4 Å². The molecule has 0 atom stereocenters. The minimum absolute atomic E-state index is 0.166. The van der Waals surface area contributed by atoms with Crippen LogP contribution in [0.5, 0.6) is 0 Å². The lowest BCUT2D eigenvalue weighted by Gasteiger charge is -2.29. The van der Waals surface area contributed by atoms with E-state index in [0.717, 1.165) is 6.07 Å². The van der Waals surface area contributed by atoms with E-state index in [1.165, 1.54) is 12.1 Å². The quantitative estimate of drug-likeness (QED) is 0.831. The molecule has 0 aromatic heterocycles. The van der Waals surface area contributed by atoms with Gasteiger partial charge in [0.25, 0.3) is 0 Å². The van der Waals surface area contributed by atoms with Crippen LogP contribution in [0.2, 0.25) is 0 Å². The van der Waals surface area contributed by atoms with Crippen LogP contribution in [0.1, 0.15) is 18.8 Å². The molecular weight excluding hydrogens is 242 g/mol. The van der Waals surface area contributed by atoms with Crippen molar-refractivity contribution in [1.29, 1.82) is 0 Å². The zero-order valence-electron chi connectivity index (χ0n) is 10.2. The van der Waals surface area contributed by atoms with Crippen LogP contribution in [0.3, 0.4) is 0 Å². The Bertz CT molecular complexity index is 370. The second-order valence-electron chi connectivity index (χ2n) is 4.23. The molecule has 0 amide bonds. The highest BCUT2D eigenvalue weighted by Gasteiger charge is 2.24. The predicted molar refractivity (Wildman–Crippen MR) is 61.0 cm³/mol. The van der Waals surface area contributed by atoms with Gasteiger partial charge in [0.15, 0.2) is 6.29 Å². The molecule has 0 aliphatic carbocycles. The van der Waals surface area contributed by atoms with Crippen LogP contribution < -0.4 is 0 Å². The molecular formula is C13H16F2O3. The van der Waals surface area contributed by atoms with Gasteiger partial charge in [0.1, 0.15) is 11.6 Å². The Hall–Kier alpha value is -1.04. The lowest BCUT2D eigenvalue weighted by molar-refractivity contribution is -0.212. The first-order valence-electron chi connectivity index (χ1n) is 5.96. The third-order valence-electron chi connectivity index (χ3n) is 2.68. The predicted octanol–water partition coefficient (Wildman–Crippen LogP) is 2.66. The zero-order valence-corrected chi connectivity index (χ0v) is 10.2. The molecule has 0 unspecified atom stereocenters. The van der Waals surface area contributed by atoms with E-state index in [1.54, 1.807) is 0 Å². The molecule has 1 aliphatic heterocycles. The molecule has 1 aromatic rings. The highest BCUT2D eigenvalue weighted by atomic mass is 19.1. The minimum atomic E-state index is -0.701. The molecule has 0 saturated carbocycles. The smallest absolute Gasteiger partial charge is 0.184 e. The number of rotatable bonds is 4. The highest BCUT2D eigenvalue weighted by Crippen LogP contribution is 2.26. The average molecular weight is 258 g/mol. The summed E-state index contributed by atoms with van der Waals surface area (Å²) in [5, 5.41) is 0. The molecule has 1 fully saturated rings. The van der Waals surface area contributed by atoms with E-state index in [0.29, 0.717) is 32.0 Å². The molecule has 0 N–H and O–H groups in total. The Labute approximate surface area is 105 Å². The molecule has 1 aromatic carbocycles. The molecule has 0 radical (unpaired) electrons.